The van der Waals surface area contributed by atoms with Gasteiger partial charge in [0.1, 0.15) is 11.8 Å². The summed E-state index contributed by atoms with van der Waals surface area (Å²) in [5.74, 6) is -0.164. The number of ether oxygens (including phenoxy) is 1. The van der Waals surface area contributed by atoms with Crippen LogP contribution in [-0.2, 0) is 4.79 Å². The summed E-state index contributed by atoms with van der Waals surface area (Å²) < 4.78 is 5.48. The maximum Gasteiger partial charge on any atom is 0.326 e. The summed E-state index contributed by atoms with van der Waals surface area (Å²) in [5.41, 5.74) is 2.35. The highest BCUT2D eigenvalue weighted by Gasteiger charge is 2.31. The van der Waals surface area contributed by atoms with Crippen LogP contribution in [0.5, 0.6) is 5.75 Å². The molecule has 0 saturated carbocycles. The fraction of sp³-hybridized carbons (Fsp3) is 0.316. The number of carboxylic acids is 1. The van der Waals surface area contributed by atoms with Crippen molar-refractivity contribution in [2.24, 2.45) is 5.41 Å². The molecule has 4 nitrogen and oxygen atoms in total. The number of aliphatic carboxylic acids is 1. The van der Waals surface area contributed by atoms with Crippen molar-refractivity contribution in [3.05, 3.63) is 48.5 Å². The van der Waals surface area contributed by atoms with Crippen LogP contribution in [0.2, 0.25) is 0 Å². The van der Waals surface area contributed by atoms with Gasteiger partial charge in [0, 0.05) is 17.3 Å². The molecule has 0 aliphatic rings. The van der Waals surface area contributed by atoms with Gasteiger partial charge < -0.3 is 15.2 Å². The second kappa shape index (κ2) is 6.73. The van der Waals surface area contributed by atoms with Crippen LogP contribution in [0.1, 0.15) is 20.8 Å². The Balaban J connectivity index is 2.34. The number of rotatable bonds is 5. The van der Waals surface area contributed by atoms with Crippen LogP contribution in [-0.4, -0.2) is 24.2 Å². The maximum absolute atomic E-state index is 11.5. The monoisotopic (exact) mass is 313 g/mol. The van der Waals surface area contributed by atoms with Crippen molar-refractivity contribution in [1.29, 1.82) is 0 Å². The Morgan fingerprint density at radius 1 is 1.13 bits per heavy atom. The molecule has 0 radical (unpaired) electrons. The van der Waals surface area contributed by atoms with Crippen molar-refractivity contribution >= 4 is 11.7 Å². The summed E-state index contributed by atoms with van der Waals surface area (Å²) in [6.45, 7) is 5.69. The van der Waals surface area contributed by atoms with Gasteiger partial charge in [0.05, 0.1) is 7.11 Å². The average Bonchev–Trinajstić information content (AvgIpc) is 2.51. The molecular weight excluding hydrogens is 290 g/mol. The van der Waals surface area contributed by atoms with Gasteiger partial charge in [-0.3, -0.25) is 0 Å². The number of hydrogen-bond donors (Lipinski definition) is 2. The number of hydrogen-bond acceptors (Lipinski definition) is 3. The lowest BCUT2D eigenvalue weighted by molar-refractivity contribution is -0.140. The molecule has 0 amide bonds. The van der Waals surface area contributed by atoms with Gasteiger partial charge in [0.25, 0.3) is 0 Å². The summed E-state index contributed by atoms with van der Waals surface area (Å²) in [6.07, 6.45) is 0. The van der Waals surface area contributed by atoms with Crippen LogP contribution < -0.4 is 10.1 Å². The molecule has 0 bridgehead atoms. The fourth-order valence-electron chi connectivity index (χ4n) is 2.45. The summed E-state index contributed by atoms with van der Waals surface area (Å²) in [6, 6.07) is 14.9. The van der Waals surface area contributed by atoms with E-state index in [2.05, 4.69) is 5.32 Å². The highest BCUT2D eigenvalue weighted by molar-refractivity contribution is 5.80. The summed E-state index contributed by atoms with van der Waals surface area (Å²) >= 11 is 0. The minimum Gasteiger partial charge on any atom is -0.496 e. The van der Waals surface area contributed by atoms with Crippen LogP contribution in [0, 0.1) is 5.41 Å². The lowest BCUT2D eigenvalue weighted by Gasteiger charge is -2.29. The zero-order chi connectivity index (χ0) is 17.0. The van der Waals surface area contributed by atoms with Crippen LogP contribution in [0.15, 0.2) is 48.5 Å². The van der Waals surface area contributed by atoms with E-state index in [1.54, 1.807) is 7.11 Å². The van der Waals surface area contributed by atoms with E-state index in [4.69, 9.17) is 4.74 Å². The molecule has 2 rings (SSSR count). The van der Waals surface area contributed by atoms with E-state index in [1.807, 2.05) is 69.3 Å². The van der Waals surface area contributed by atoms with Crippen molar-refractivity contribution in [3.8, 4) is 16.9 Å². The molecular formula is C19H23NO3. The molecule has 1 atom stereocenters. The molecule has 0 fully saturated rings. The van der Waals surface area contributed by atoms with Crippen molar-refractivity contribution in [2.45, 2.75) is 26.8 Å². The van der Waals surface area contributed by atoms with E-state index >= 15 is 0 Å². The van der Waals surface area contributed by atoms with E-state index in [-0.39, 0.29) is 0 Å². The molecule has 2 N–H and O–H groups in total. The highest BCUT2D eigenvalue weighted by atomic mass is 16.5. The Morgan fingerprint density at radius 3 is 2.30 bits per heavy atom. The molecule has 0 saturated heterocycles. The Labute approximate surface area is 137 Å². The quantitative estimate of drug-likeness (QED) is 0.865. The molecule has 23 heavy (non-hydrogen) atoms. The first-order chi connectivity index (χ1) is 10.8. The third-order valence-electron chi connectivity index (χ3n) is 3.71. The molecule has 2 aromatic carbocycles. The van der Waals surface area contributed by atoms with Gasteiger partial charge >= 0.3 is 5.97 Å². The van der Waals surface area contributed by atoms with Crippen molar-refractivity contribution < 1.29 is 14.6 Å². The maximum atomic E-state index is 11.5. The summed E-state index contributed by atoms with van der Waals surface area (Å²) in [7, 11) is 1.62. The van der Waals surface area contributed by atoms with Gasteiger partial charge in [-0.15, -0.1) is 0 Å². The third-order valence-corrected chi connectivity index (χ3v) is 3.71. The number of anilines is 1. The van der Waals surface area contributed by atoms with E-state index in [0.29, 0.717) is 5.75 Å². The predicted molar refractivity (Wildman–Crippen MR) is 92.9 cm³/mol. The smallest absolute Gasteiger partial charge is 0.326 e. The lowest BCUT2D eigenvalue weighted by atomic mass is 9.86. The van der Waals surface area contributed by atoms with E-state index < -0.39 is 17.4 Å². The van der Waals surface area contributed by atoms with Crippen molar-refractivity contribution in [1.82, 2.24) is 0 Å². The topological polar surface area (TPSA) is 58.6 Å². The molecule has 0 aliphatic carbocycles. The molecule has 0 aliphatic heterocycles. The molecule has 1 unspecified atom stereocenters. The zero-order valence-corrected chi connectivity index (χ0v) is 14.0. The first-order valence-electron chi connectivity index (χ1n) is 7.55. The van der Waals surface area contributed by atoms with Crippen molar-refractivity contribution in [2.75, 3.05) is 12.4 Å². The van der Waals surface area contributed by atoms with Gasteiger partial charge in [0.2, 0.25) is 0 Å². The fourth-order valence-corrected chi connectivity index (χ4v) is 2.45. The van der Waals surface area contributed by atoms with E-state index in [1.165, 1.54) is 0 Å². The first-order valence-corrected chi connectivity index (χ1v) is 7.55. The van der Waals surface area contributed by atoms with E-state index in [9.17, 15) is 9.90 Å². The minimum absolute atomic E-state index is 0.406. The first kappa shape index (κ1) is 16.9. The number of benzene rings is 2. The summed E-state index contributed by atoms with van der Waals surface area (Å²) in [5, 5.41) is 12.5. The molecule has 2 aromatic rings. The van der Waals surface area contributed by atoms with Crippen LogP contribution in [0.25, 0.3) is 11.1 Å². The second-order valence-corrected chi connectivity index (χ2v) is 6.56. The highest BCUT2D eigenvalue weighted by Crippen LogP contribution is 2.33. The van der Waals surface area contributed by atoms with E-state index in [0.717, 1.165) is 16.8 Å². The Hall–Kier alpha value is -2.49. The van der Waals surface area contributed by atoms with Crippen LogP contribution in [0.4, 0.5) is 5.69 Å². The normalized spacial score (nSPS) is 12.5. The lowest BCUT2D eigenvalue weighted by Crippen LogP contribution is -2.41. The zero-order valence-electron chi connectivity index (χ0n) is 14.0. The second-order valence-electron chi connectivity index (χ2n) is 6.56. The molecule has 0 spiro atoms. The Morgan fingerprint density at radius 2 is 1.78 bits per heavy atom. The Kier molecular flexibility index (Phi) is 4.94. The minimum atomic E-state index is -0.872. The molecule has 0 aromatic heterocycles. The summed E-state index contributed by atoms with van der Waals surface area (Å²) in [4.78, 5) is 11.5. The van der Waals surface area contributed by atoms with Crippen molar-refractivity contribution in [3.63, 3.8) is 0 Å². The molecule has 0 heterocycles. The van der Waals surface area contributed by atoms with Gasteiger partial charge in [-0.2, -0.15) is 0 Å². The van der Waals surface area contributed by atoms with Gasteiger partial charge in [-0.05, 0) is 23.1 Å². The number of nitrogens with one attached hydrogen (secondary N) is 1. The SMILES string of the molecule is COc1cc(NC(C(=O)O)C(C)(C)C)ccc1-c1ccccc1. The molecule has 122 valence electrons. The third kappa shape index (κ3) is 4.03. The molecule has 4 heteroatoms. The van der Waals surface area contributed by atoms with Crippen LogP contribution in [0.3, 0.4) is 0 Å². The Bertz CT molecular complexity index is 675. The van der Waals surface area contributed by atoms with Crippen LogP contribution >= 0.6 is 0 Å². The number of carbonyl (C=O) groups is 1. The number of methoxy groups -OCH3 is 1. The number of carboxylic acid groups (broad SMARTS) is 1. The van der Waals surface area contributed by atoms with Gasteiger partial charge in [-0.25, -0.2) is 4.79 Å². The largest absolute Gasteiger partial charge is 0.496 e. The average molecular weight is 313 g/mol. The van der Waals surface area contributed by atoms with Gasteiger partial charge in [0.15, 0.2) is 0 Å². The van der Waals surface area contributed by atoms with Gasteiger partial charge in [-0.1, -0.05) is 51.1 Å². The standard InChI is InChI=1S/C19H23NO3/c1-19(2,3)17(18(21)22)20-14-10-11-15(16(12-14)23-4)13-8-6-5-7-9-13/h5-12,17,20H,1-4H3,(H,21,22). The predicted octanol–water partition coefficient (Wildman–Crippen LogP) is 4.27.